The van der Waals surface area contributed by atoms with Crippen LogP contribution in [0.3, 0.4) is 0 Å². The van der Waals surface area contributed by atoms with E-state index in [2.05, 4.69) is 0 Å². The van der Waals surface area contributed by atoms with Gasteiger partial charge in [0.05, 0.1) is 5.41 Å². The number of rotatable bonds is 4. The van der Waals surface area contributed by atoms with Crippen molar-refractivity contribution < 1.29 is 19.8 Å². The van der Waals surface area contributed by atoms with E-state index < -0.39 is 22.9 Å². The number of benzene rings is 2. The van der Waals surface area contributed by atoms with E-state index in [0.29, 0.717) is 6.42 Å². The number of hydrogen-bond donors (Lipinski definition) is 3. The lowest BCUT2D eigenvalue weighted by atomic mass is 10.0. The van der Waals surface area contributed by atoms with Gasteiger partial charge in [-0.15, -0.1) is 0 Å². The fourth-order valence-corrected chi connectivity index (χ4v) is 3.39. The predicted octanol–water partition coefficient (Wildman–Crippen LogP) is 3.22. The van der Waals surface area contributed by atoms with Crippen molar-refractivity contribution >= 4 is 11.9 Å². The minimum absolute atomic E-state index is 0.00815. The topological polar surface area (TPSA) is 101 Å². The molecular weight excluding hydrogens is 330 g/mol. The number of carboxylic acid groups (broad SMARTS) is 2. The second kappa shape index (κ2) is 6.57. The molecule has 0 spiro atoms. The van der Waals surface area contributed by atoms with Gasteiger partial charge in [0.15, 0.2) is 0 Å². The summed E-state index contributed by atoms with van der Waals surface area (Å²) in [6, 6.07) is 19.4. The molecule has 5 nitrogen and oxygen atoms in total. The lowest BCUT2D eigenvalue weighted by Crippen LogP contribution is -2.34. The first kappa shape index (κ1) is 18.1. The first-order chi connectivity index (χ1) is 12.3. The molecule has 4 rings (SSSR count). The van der Waals surface area contributed by atoms with Crippen LogP contribution in [0.4, 0.5) is 0 Å². The van der Waals surface area contributed by atoms with Gasteiger partial charge in [-0.1, -0.05) is 60.7 Å². The van der Waals surface area contributed by atoms with Crippen molar-refractivity contribution in [3.8, 4) is 0 Å². The van der Waals surface area contributed by atoms with Crippen LogP contribution >= 0.6 is 0 Å². The maximum atomic E-state index is 10.9. The van der Waals surface area contributed by atoms with Crippen LogP contribution in [-0.2, 0) is 9.59 Å². The van der Waals surface area contributed by atoms with E-state index in [4.69, 9.17) is 15.9 Å². The summed E-state index contributed by atoms with van der Waals surface area (Å²) in [6.45, 7) is 1.81. The van der Waals surface area contributed by atoms with E-state index in [1.165, 1.54) is 0 Å². The minimum atomic E-state index is -1.01. The van der Waals surface area contributed by atoms with Gasteiger partial charge >= 0.3 is 11.9 Å². The third kappa shape index (κ3) is 3.35. The Balaban J connectivity index is 0.000000151. The van der Waals surface area contributed by atoms with Gasteiger partial charge < -0.3 is 15.9 Å². The first-order valence-electron chi connectivity index (χ1n) is 8.64. The molecular formula is C21H23NO4. The van der Waals surface area contributed by atoms with Gasteiger partial charge in [0, 0.05) is 11.8 Å². The Morgan fingerprint density at radius 1 is 0.846 bits per heavy atom. The molecule has 0 aliphatic heterocycles. The molecule has 4 N–H and O–H groups in total. The number of aliphatic carboxylic acids is 2. The summed E-state index contributed by atoms with van der Waals surface area (Å²) >= 11 is 0. The zero-order chi connectivity index (χ0) is 18.9. The molecule has 2 aromatic rings. The zero-order valence-corrected chi connectivity index (χ0v) is 14.6. The lowest BCUT2D eigenvalue weighted by Gasteiger charge is -2.04. The van der Waals surface area contributed by atoms with Gasteiger partial charge in [-0.3, -0.25) is 9.59 Å². The molecule has 0 aromatic heterocycles. The molecule has 5 heteroatoms. The second-order valence-corrected chi connectivity index (χ2v) is 7.40. The van der Waals surface area contributed by atoms with Crippen molar-refractivity contribution in [3.63, 3.8) is 0 Å². The van der Waals surface area contributed by atoms with Crippen LogP contribution in [0.15, 0.2) is 60.7 Å². The molecule has 2 aliphatic rings. The molecule has 0 saturated heterocycles. The number of nitrogens with two attached hydrogens (primary N) is 1. The maximum absolute atomic E-state index is 10.9. The SMILES string of the molecule is CC1(C(=O)O)CC1c1ccccc1.NC1(C(=O)O)CC1c1ccccc1. The van der Waals surface area contributed by atoms with Crippen LogP contribution in [0.2, 0.25) is 0 Å². The normalized spacial score (nSPS) is 31.3. The smallest absolute Gasteiger partial charge is 0.324 e. The molecule has 2 aliphatic carbocycles. The Morgan fingerprint density at radius 3 is 1.65 bits per heavy atom. The van der Waals surface area contributed by atoms with Gasteiger partial charge in [0.1, 0.15) is 5.54 Å². The zero-order valence-electron chi connectivity index (χ0n) is 14.6. The van der Waals surface area contributed by atoms with E-state index in [1.54, 1.807) is 0 Å². The molecule has 136 valence electrons. The first-order valence-corrected chi connectivity index (χ1v) is 8.64. The molecule has 2 saturated carbocycles. The van der Waals surface area contributed by atoms with Crippen LogP contribution in [-0.4, -0.2) is 27.7 Å². The fourth-order valence-electron chi connectivity index (χ4n) is 3.39. The number of carboxylic acids is 2. The van der Waals surface area contributed by atoms with Crippen molar-refractivity contribution in [3.05, 3.63) is 71.8 Å². The van der Waals surface area contributed by atoms with Crippen molar-refractivity contribution in [2.24, 2.45) is 11.1 Å². The molecule has 0 bridgehead atoms. The standard InChI is InChI=1S/C11H12O2.C10H11NO2/c1-11(10(12)13)7-9(11)8-5-3-2-4-6-8;11-10(9(12)13)6-8(10)7-4-2-1-3-5-7/h2-6,9H,7H2,1H3,(H,12,13);1-5,8H,6,11H2,(H,12,13). The molecule has 0 radical (unpaired) electrons. The predicted molar refractivity (Wildman–Crippen MR) is 97.9 cm³/mol. The van der Waals surface area contributed by atoms with Crippen LogP contribution < -0.4 is 5.73 Å². The highest BCUT2D eigenvalue weighted by atomic mass is 16.4. The van der Waals surface area contributed by atoms with Crippen molar-refractivity contribution in [1.29, 1.82) is 0 Å². The highest BCUT2D eigenvalue weighted by Gasteiger charge is 2.58. The average Bonchev–Trinajstić information content (AvgIpc) is 3.53. The average molecular weight is 353 g/mol. The van der Waals surface area contributed by atoms with Crippen LogP contribution in [0.5, 0.6) is 0 Å². The number of hydrogen-bond acceptors (Lipinski definition) is 3. The molecule has 0 amide bonds. The molecule has 2 aromatic carbocycles. The Labute approximate surface area is 152 Å². The summed E-state index contributed by atoms with van der Waals surface area (Å²) in [6.07, 6.45) is 1.32. The quantitative estimate of drug-likeness (QED) is 0.783. The van der Waals surface area contributed by atoms with E-state index in [0.717, 1.165) is 17.5 Å². The Kier molecular flexibility index (Phi) is 4.59. The second-order valence-electron chi connectivity index (χ2n) is 7.40. The maximum Gasteiger partial charge on any atom is 0.324 e. The van der Waals surface area contributed by atoms with E-state index in [-0.39, 0.29) is 11.8 Å². The third-order valence-corrected chi connectivity index (χ3v) is 5.53. The van der Waals surface area contributed by atoms with Gasteiger partial charge in [-0.05, 0) is 30.9 Å². The van der Waals surface area contributed by atoms with Crippen molar-refractivity contribution in [1.82, 2.24) is 0 Å². The highest BCUT2D eigenvalue weighted by Crippen LogP contribution is 2.59. The summed E-state index contributed by atoms with van der Waals surface area (Å²) in [7, 11) is 0. The summed E-state index contributed by atoms with van der Waals surface area (Å²) in [5, 5.41) is 17.8. The molecule has 4 atom stereocenters. The Bertz CT molecular complexity index is 738. The van der Waals surface area contributed by atoms with E-state index in [9.17, 15) is 9.59 Å². The third-order valence-electron chi connectivity index (χ3n) is 5.53. The Morgan fingerprint density at radius 2 is 1.31 bits per heavy atom. The van der Waals surface area contributed by atoms with Crippen molar-refractivity contribution in [2.45, 2.75) is 37.1 Å². The molecule has 0 heterocycles. The molecule has 4 unspecified atom stereocenters. The largest absolute Gasteiger partial charge is 0.481 e. The monoisotopic (exact) mass is 353 g/mol. The van der Waals surface area contributed by atoms with Gasteiger partial charge in [0.25, 0.3) is 0 Å². The summed E-state index contributed by atoms with van der Waals surface area (Å²) in [4.78, 5) is 21.6. The highest BCUT2D eigenvalue weighted by molar-refractivity contribution is 5.84. The van der Waals surface area contributed by atoms with Gasteiger partial charge in [-0.25, -0.2) is 0 Å². The van der Waals surface area contributed by atoms with Crippen LogP contribution in [0, 0.1) is 5.41 Å². The summed E-state index contributed by atoms with van der Waals surface area (Å²) < 4.78 is 0. The van der Waals surface area contributed by atoms with Crippen LogP contribution in [0.1, 0.15) is 42.7 Å². The summed E-state index contributed by atoms with van der Waals surface area (Å²) in [5.74, 6) is -1.37. The van der Waals surface area contributed by atoms with E-state index in [1.807, 2.05) is 67.6 Å². The summed E-state index contributed by atoms with van der Waals surface area (Å²) in [5.41, 5.74) is 6.31. The van der Waals surface area contributed by atoms with Crippen molar-refractivity contribution in [2.75, 3.05) is 0 Å². The lowest BCUT2D eigenvalue weighted by molar-refractivity contribution is -0.143. The minimum Gasteiger partial charge on any atom is -0.481 e. The van der Waals surface area contributed by atoms with Gasteiger partial charge in [0.2, 0.25) is 0 Å². The van der Waals surface area contributed by atoms with E-state index >= 15 is 0 Å². The van der Waals surface area contributed by atoms with Gasteiger partial charge in [-0.2, -0.15) is 0 Å². The molecule has 26 heavy (non-hydrogen) atoms. The molecule has 2 fully saturated rings. The Hall–Kier alpha value is -2.66. The van der Waals surface area contributed by atoms with Crippen LogP contribution in [0.25, 0.3) is 0 Å². The number of carbonyl (C=O) groups is 2. The fraction of sp³-hybridized carbons (Fsp3) is 0.333.